The van der Waals surface area contributed by atoms with Gasteiger partial charge in [0.25, 0.3) is 0 Å². The lowest BCUT2D eigenvalue weighted by Crippen LogP contribution is -2.36. The fourth-order valence-electron chi connectivity index (χ4n) is 2.50. The Balaban J connectivity index is 1.99. The van der Waals surface area contributed by atoms with Crippen LogP contribution >= 0.6 is 15.9 Å². The zero-order valence-corrected chi connectivity index (χ0v) is 17.2. The van der Waals surface area contributed by atoms with Gasteiger partial charge in [-0.25, -0.2) is 12.8 Å². The Labute approximate surface area is 161 Å². The van der Waals surface area contributed by atoms with Gasteiger partial charge in [0.2, 0.25) is 0 Å². The lowest BCUT2D eigenvalue weighted by Gasteiger charge is -2.14. The van der Waals surface area contributed by atoms with Gasteiger partial charge in [-0.1, -0.05) is 28.1 Å². The van der Waals surface area contributed by atoms with Crippen molar-refractivity contribution in [1.29, 1.82) is 0 Å². The van der Waals surface area contributed by atoms with Crippen molar-refractivity contribution in [3.63, 3.8) is 0 Å². The first-order valence-electron chi connectivity index (χ1n) is 7.88. The zero-order valence-electron chi connectivity index (χ0n) is 14.8. The first kappa shape index (κ1) is 20.4. The van der Waals surface area contributed by atoms with E-state index in [0.717, 1.165) is 15.6 Å². The van der Waals surface area contributed by atoms with Gasteiger partial charge in [-0.3, -0.25) is 4.99 Å². The molecule has 0 bridgehead atoms. The van der Waals surface area contributed by atoms with E-state index in [-0.39, 0.29) is 5.82 Å². The highest BCUT2D eigenvalue weighted by molar-refractivity contribution is 9.10. The van der Waals surface area contributed by atoms with E-state index in [2.05, 4.69) is 31.6 Å². The topological polar surface area (TPSA) is 70.6 Å². The number of sulfone groups is 1. The molecule has 0 unspecified atom stereocenters. The minimum atomic E-state index is -3.22. The Kier molecular flexibility index (Phi) is 6.77. The van der Waals surface area contributed by atoms with E-state index in [1.165, 1.54) is 18.4 Å². The second-order valence-corrected chi connectivity index (χ2v) is 8.73. The molecule has 0 atom stereocenters. The summed E-state index contributed by atoms with van der Waals surface area (Å²) in [7, 11) is -1.58. The number of hydrogen-bond donors (Lipinski definition) is 2. The van der Waals surface area contributed by atoms with Crippen LogP contribution in [-0.4, -0.2) is 27.7 Å². The van der Waals surface area contributed by atoms with Crippen LogP contribution in [0, 0.1) is 12.7 Å². The molecule has 0 amide bonds. The summed E-state index contributed by atoms with van der Waals surface area (Å²) in [4.78, 5) is 4.47. The standard InChI is InChI=1S/C18H21BrFN3O2S/c1-12-8-13(4-7-17(12)26(3,24)25)10-22-18(21-2)23-11-14-9-15(20)5-6-16(14)19/h4-9H,10-11H2,1-3H3,(H2,21,22,23). The van der Waals surface area contributed by atoms with E-state index in [1.807, 2.05) is 6.07 Å². The summed E-state index contributed by atoms with van der Waals surface area (Å²) in [6.07, 6.45) is 1.20. The third-order valence-corrected chi connectivity index (χ3v) is 5.81. The van der Waals surface area contributed by atoms with Crippen LogP contribution in [0.4, 0.5) is 4.39 Å². The van der Waals surface area contributed by atoms with Gasteiger partial charge in [0.05, 0.1) is 4.90 Å². The molecule has 2 N–H and O–H groups in total. The van der Waals surface area contributed by atoms with Crippen LogP contribution in [0.3, 0.4) is 0 Å². The van der Waals surface area contributed by atoms with Crippen molar-refractivity contribution in [2.24, 2.45) is 4.99 Å². The largest absolute Gasteiger partial charge is 0.352 e. The van der Waals surface area contributed by atoms with Crippen molar-refractivity contribution in [3.8, 4) is 0 Å². The Morgan fingerprint density at radius 1 is 1.15 bits per heavy atom. The molecule has 2 aromatic rings. The minimum absolute atomic E-state index is 0.297. The number of hydrogen-bond acceptors (Lipinski definition) is 3. The third kappa shape index (κ3) is 5.54. The molecule has 8 heteroatoms. The van der Waals surface area contributed by atoms with Gasteiger partial charge >= 0.3 is 0 Å². The molecule has 140 valence electrons. The monoisotopic (exact) mass is 441 g/mol. The summed E-state index contributed by atoms with van der Waals surface area (Å²) in [6.45, 7) is 2.66. The van der Waals surface area contributed by atoms with Crippen LogP contribution in [0.5, 0.6) is 0 Å². The molecule has 0 fully saturated rings. The zero-order chi connectivity index (χ0) is 19.3. The summed E-state index contributed by atoms with van der Waals surface area (Å²) in [5.41, 5.74) is 2.42. The maximum atomic E-state index is 13.3. The number of halogens is 2. The quantitative estimate of drug-likeness (QED) is 0.552. The van der Waals surface area contributed by atoms with Gasteiger partial charge in [0.1, 0.15) is 5.82 Å². The van der Waals surface area contributed by atoms with Crippen molar-refractivity contribution in [2.75, 3.05) is 13.3 Å². The van der Waals surface area contributed by atoms with Crippen LogP contribution in [-0.2, 0) is 22.9 Å². The molecule has 0 spiro atoms. The molecular weight excluding hydrogens is 421 g/mol. The fourth-order valence-corrected chi connectivity index (χ4v) is 3.85. The number of aryl methyl sites for hydroxylation is 1. The number of guanidine groups is 1. The first-order chi connectivity index (χ1) is 12.2. The summed E-state index contributed by atoms with van der Waals surface area (Å²) in [5.74, 6) is 0.264. The average molecular weight is 442 g/mol. The van der Waals surface area contributed by atoms with Crippen LogP contribution < -0.4 is 10.6 Å². The molecule has 0 saturated carbocycles. The third-order valence-electron chi connectivity index (χ3n) is 3.78. The van der Waals surface area contributed by atoms with E-state index in [4.69, 9.17) is 0 Å². The minimum Gasteiger partial charge on any atom is -0.352 e. The number of nitrogens with zero attached hydrogens (tertiary/aromatic N) is 1. The number of benzene rings is 2. The summed E-state index contributed by atoms with van der Waals surface area (Å²) in [6, 6.07) is 9.73. The Hall–Kier alpha value is -1.93. The number of rotatable bonds is 5. The highest BCUT2D eigenvalue weighted by Gasteiger charge is 2.11. The molecule has 0 aromatic heterocycles. The lowest BCUT2D eigenvalue weighted by atomic mass is 10.1. The maximum absolute atomic E-state index is 13.3. The van der Waals surface area contributed by atoms with Crippen molar-refractivity contribution in [1.82, 2.24) is 10.6 Å². The van der Waals surface area contributed by atoms with Gasteiger partial charge in [-0.15, -0.1) is 0 Å². The summed E-state index contributed by atoms with van der Waals surface area (Å²) in [5, 5.41) is 6.28. The van der Waals surface area contributed by atoms with Crippen molar-refractivity contribution < 1.29 is 12.8 Å². The Morgan fingerprint density at radius 3 is 2.46 bits per heavy atom. The maximum Gasteiger partial charge on any atom is 0.191 e. The molecule has 0 aliphatic carbocycles. The predicted octanol–water partition coefficient (Wildman–Crippen LogP) is 3.17. The van der Waals surface area contributed by atoms with E-state index in [0.29, 0.717) is 29.5 Å². The Morgan fingerprint density at radius 2 is 1.85 bits per heavy atom. The average Bonchev–Trinajstić information content (AvgIpc) is 2.56. The van der Waals surface area contributed by atoms with Crippen LogP contribution in [0.25, 0.3) is 0 Å². The fraction of sp³-hybridized carbons (Fsp3) is 0.278. The van der Waals surface area contributed by atoms with E-state index in [9.17, 15) is 12.8 Å². The molecular formula is C18H21BrFN3O2S. The van der Waals surface area contributed by atoms with Crippen molar-refractivity contribution in [2.45, 2.75) is 24.9 Å². The molecule has 5 nitrogen and oxygen atoms in total. The highest BCUT2D eigenvalue weighted by Crippen LogP contribution is 2.18. The molecule has 26 heavy (non-hydrogen) atoms. The first-order valence-corrected chi connectivity index (χ1v) is 10.6. The molecule has 0 heterocycles. The van der Waals surface area contributed by atoms with Gasteiger partial charge in [-0.2, -0.15) is 0 Å². The summed E-state index contributed by atoms with van der Waals surface area (Å²) >= 11 is 3.39. The molecule has 0 aliphatic rings. The van der Waals surface area contributed by atoms with E-state index < -0.39 is 9.84 Å². The smallest absolute Gasteiger partial charge is 0.191 e. The van der Waals surface area contributed by atoms with E-state index >= 15 is 0 Å². The lowest BCUT2D eigenvalue weighted by molar-refractivity contribution is 0.601. The molecule has 2 rings (SSSR count). The van der Waals surface area contributed by atoms with Crippen LogP contribution in [0.15, 0.2) is 50.8 Å². The van der Waals surface area contributed by atoms with Crippen LogP contribution in [0.1, 0.15) is 16.7 Å². The van der Waals surface area contributed by atoms with Gasteiger partial charge in [0, 0.05) is 30.9 Å². The van der Waals surface area contributed by atoms with Gasteiger partial charge < -0.3 is 10.6 Å². The normalized spacial score (nSPS) is 12.1. The molecule has 0 aliphatic heterocycles. The van der Waals surface area contributed by atoms with Gasteiger partial charge in [0.15, 0.2) is 15.8 Å². The SMILES string of the molecule is CN=C(NCc1ccc(S(C)(=O)=O)c(C)c1)NCc1cc(F)ccc1Br. The Bertz CT molecular complexity index is 930. The van der Waals surface area contributed by atoms with Gasteiger partial charge in [-0.05, 0) is 47.9 Å². The number of aliphatic imine (C=N–C) groups is 1. The predicted molar refractivity (Wildman–Crippen MR) is 105 cm³/mol. The molecule has 0 radical (unpaired) electrons. The second-order valence-electron chi connectivity index (χ2n) is 5.89. The van der Waals surface area contributed by atoms with E-state index in [1.54, 1.807) is 32.2 Å². The summed E-state index contributed by atoms with van der Waals surface area (Å²) < 4.78 is 37.5. The number of nitrogens with one attached hydrogen (secondary N) is 2. The van der Waals surface area contributed by atoms with Crippen molar-refractivity contribution in [3.05, 3.63) is 63.4 Å². The van der Waals surface area contributed by atoms with Crippen molar-refractivity contribution >= 4 is 31.7 Å². The molecule has 2 aromatic carbocycles. The van der Waals surface area contributed by atoms with Crippen LogP contribution in [0.2, 0.25) is 0 Å². The second kappa shape index (κ2) is 8.64. The molecule has 0 saturated heterocycles. The highest BCUT2D eigenvalue weighted by atomic mass is 79.9.